The SMILES string of the molecule is CC(C)[C@H](NC(=O)[C@H](Cc1ccccc1)NC(=O)[C@H](CCCCN)NC(=O)[C@H](CC1CCCCC1)NC(=O)[C@H](Cc1c[nH]c2ccccc12)NC(=O)[C@H](CCCN=C(N)N)NC(=O)[C@H](Cc1ccc2ccccc2c1)NC(=O)[C@@H](N)Cc1cnc[nH]1)C(N)=O. The van der Waals surface area contributed by atoms with Crippen molar-refractivity contribution >= 4 is 74.9 Å². The molecule has 1 aliphatic carbocycles. The molecule has 0 spiro atoms. The predicted molar refractivity (Wildman–Crippen MR) is 342 cm³/mol. The Morgan fingerprint density at radius 3 is 1.78 bits per heavy atom. The number of hydrogen-bond acceptors (Lipinski definition) is 12. The molecule has 0 unspecified atom stereocenters. The number of guanidine groups is 1. The van der Waals surface area contributed by atoms with Crippen LogP contribution in [0, 0.1) is 11.8 Å². The first-order valence-corrected chi connectivity index (χ1v) is 30.8. The highest BCUT2D eigenvalue weighted by molar-refractivity contribution is 5.98. The van der Waals surface area contributed by atoms with Crippen LogP contribution in [0.1, 0.15) is 107 Å². The van der Waals surface area contributed by atoms with Gasteiger partial charge in [0, 0.05) is 61.2 Å². The van der Waals surface area contributed by atoms with E-state index in [0.29, 0.717) is 41.8 Å². The summed E-state index contributed by atoms with van der Waals surface area (Å²) in [6, 6.07) is 20.1. The van der Waals surface area contributed by atoms with Crippen LogP contribution in [0.5, 0.6) is 0 Å². The number of aromatic amines is 2. The van der Waals surface area contributed by atoms with E-state index >= 15 is 14.4 Å². The number of nitrogens with two attached hydrogens (primary N) is 5. The van der Waals surface area contributed by atoms with Crippen molar-refractivity contribution in [1.82, 2.24) is 52.2 Å². The Morgan fingerprint density at radius 2 is 1.13 bits per heavy atom. The van der Waals surface area contributed by atoms with E-state index in [1.165, 1.54) is 6.33 Å². The van der Waals surface area contributed by atoms with Crippen LogP contribution in [0.3, 0.4) is 0 Å². The molecule has 89 heavy (non-hydrogen) atoms. The van der Waals surface area contributed by atoms with Crippen molar-refractivity contribution in [2.45, 2.75) is 158 Å². The third-order valence-corrected chi connectivity index (χ3v) is 16.2. The van der Waals surface area contributed by atoms with Gasteiger partial charge in [-0.15, -0.1) is 0 Å². The third kappa shape index (κ3) is 20.7. The van der Waals surface area contributed by atoms with E-state index in [0.717, 1.165) is 53.8 Å². The Balaban J connectivity index is 1.18. The standard InChI is InChI=1S/C65H88N16O8/c1-39(2)56(57(68)82)81-64(89)53(32-41-18-7-4-8-19-41)78-59(84)50(24-13-14-28-66)75-61(86)52(31-40-16-5-3-6-17-40)79-63(88)55(34-45-36-73-49-23-12-11-22-47(45)49)80-60(85)51(25-15-29-72-65(69)70)76-62(87)54(77-58(83)48(67)35-46-37-71-38-74-46)33-42-26-27-43-20-9-10-21-44(43)30-42/h4,7-12,18-23,26-27,30,36-40,48,50-56,73H,3,5-6,13-17,24-25,28-29,31-35,66-67H2,1-2H3,(H2,68,82)(H,71,74)(H,75,86)(H,76,87)(H,77,83)(H,78,84)(H,79,88)(H,80,85)(H,81,89)(H4,69,70,72)/t48-,50-,51-,52-,53-,54-,55-,56-/m0/s1. The number of imidazole rings is 1. The fraction of sp³-hybridized carbons (Fsp3) is 0.446. The second-order valence-corrected chi connectivity index (χ2v) is 23.5. The third-order valence-electron chi connectivity index (χ3n) is 16.2. The van der Waals surface area contributed by atoms with Crippen molar-refractivity contribution in [2.75, 3.05) is 13.1 Å². The van der Waals surface area contributed by atoms with Gasteiger partial charge in [-0.3, -0.25) is 43.3 Å². The lowest BCUT2D eigenvalue weighted by Crippen LogP contribution is -2.61. The number of nitrogens with zero attached hydrogens (tertiary/aromatic N) is 2. The summed E-state index contributed by atoms with van der Waals surface area (Å²) >= 11 is 0. The quantitative estimate of drug-likeness (QED) is 0.0157. The zero-order valence-corrected chi connectivity index (χ0v) is 50.8. The molecule has 0 saturated heterocycles. The van der Waals surface area contributed by atoms with Crippen molar-refractivity contribution in [3.8, 4) is 0 Å². The molecule has 0 aliphatic heterocycles. The molecule has 0 radical (unpaired) electrons. The summed E-state index contributed by atoms with van der Waals surface area (Å²) in [6.45, 7) is 3.86. The molecule has 4 aromatic carbocycles. The summed E-state index contributed by atoms with van der Waals surface area (Å²) in [5.74, 6) is -6.10. The number of para-hydroxylation sites is 1. The van der Waals surface area contributed by atoms with Gasteiger partial charge in [0.05, 0.1) is 12.4 Å². The molecule has 1 fully saturated rings. The summed E-state index contributed by atoms with van der Waals surface area (Å²) in [5, 5.41) is 22.8. The molecule has 0 bridgehead atoms. The van der Waals surface area contributed by atoms with Gasteiger partial charge in [0.1, 0.15) is 42.3 Å². The predicted octanol–water partition coefficient (Wildman–Crippen LogP) is 2.33. The summed E-state index contributed by atoms with van der Waals surface area (Å²) in [6.07, 6.45) is 10.6. The van der Waals surface area contributed by atoms with E-state index in [9.17, 15) is 24.0 Å². The Morgan fingerprint density at radius 1 is 0.573 bits per heavy atom. The molecule has 24 nitrogen and oxygen atoms in total. The van der Waals surface area contributed by atoms with Crippen LogP contribution in [0.15, 0.2) is 121 Å². The number of benzene rings is 4. The Hall–Kier alpha value is -9.16. The second kappa shape index (κ2) is 33.8. The molecule has 8 amide bonds. The minimum absolute atomic E-state index is 0.00633. The first kappa shape index (κ1) is 67.3. The number of nitrogens with one attached hydrogen (secondary N) is 9. The number of primary amides is 1. The molecule has 24 heteroatoms. The highest BCUT2D eigenvalue weighted by Gasteiger charge is 2.36. The number of aromatic nitrogens is 3. The molecular weight excluding hydrogens is 1130 g/mol. The van der Waals surface area contributed by atoms with Crippen LogP contribution in [0.4, 0.5) is 0 Å². The average Bonchev–Trinajstić information content (AvgIpc) is 2.30. The molecule has 19 N–H and O–H groups in total. The monoisotopic (exact) mass is 1220 g/mol. The topological polar surface area (TPSA) is 408 Å². The first-order chi connectivity index (χ1) is 42.8. The maximum Gasteiger partial charge on any atom is 0.243 e. The van der Waals surface area contributed by atoms with Gasteiger partial charge >= 0.3 is 0 Å². The average molecular weight is 1220 g/mol. The molecule has 1 aliphatic rings. The van der Waals surface area contributed by atoms with Crippen LogP contribution < -0.4 is 65.9 Å². The molecule has 6 aromatic rings. The lowest BCUT2D eigenvalue weighted by molar-refractivity contribution is -0.136. The number of hydrogen-bond donors (Lipinski definition) is 14. The van der Waals surface area contributed by atoms with Gasteiger partial charge in [0.2, 0.25) is 47.3 Å². The van der Waals surface area contributed by atoms with E-state index < -0.39 is 95.6 Å². The summed E-state index contributed by atoms with van der Waals surface area (Å²) in [4.78, 5) is 130. The number of unbranched alkanes of at least 4 members (excludes halogenated alkanes) is 1. The zero-order valence-electron chi connectivity index (χ0n) is 50.8. The molecule has 2 heterocycles. The fourth-order valence-electron chi connectivity index (χ4n) is 11.3. The second-order valence-electron chi connectivity index (χ2n) is 23.5. The summed E-state index contributed by atoms with van der Waals surface area (Å²) in [7, 11) is 0. The van der Waals surface area contributed by atoms with Gasteiger partial charge in [0.25, 0.3) is 0 Å². The van der Waals surface area contributed by atoms with Crippen LogP contribution in [0.2, 0.25) is 0 Å². The molecular formula is C65H88N16O8. The first-order valence-electron chi connectivity index (χ1n) is 30.8. The largest absolute Gasteiger partial charge is 0.370 e. The van der Waals surface area contributed by atoms with Crippen molar-refractivity contribution in [3.05, 3.63) is 138 Å². The van der Waals surface area contributed by atoms with Gasteiger partial charge in [0.15, 0.2) is 5.96 Å². The fourth-order valence-corrected chi connectivity index (χ4v) is 11.3. The minimum Gasteiger partial charge on any atom is -0.370 e. The van der Waals surface area contributed by atoms with Gasteiger partial charge in [-0.2, -0.15) is 0 Å². The summed E-state index contributed by atoms with van der Waals surface area (Å²) in [5.41, 5.74) is 32.8. The van der Waals surface area contributed by atoms with E-state index in [1.54, 1.807) is 50.5 Å². The van der Waals surface area contributed by atoms with Crippen LogP contribution in [0.25, 0.3) is 21.7 Å². The normalized spacial score (nSPS) is 15.2. The molecule has 2 aromatic heterocycles. The number of amides is 8. The highest BCUT2D eigenvalue weighted by Crippen LogP contribution is 2.28. The van der Waals surface area contributed by atoms with Crippen molar-refractivity contribution in [2.24, 2.45) is 45.5 Å². The number of carbonyl (C=O) groups is 8. The smallest absolute Gasteiger partial charge is 0.243 e. The molecule has 8 atom stereocenters. The van der Waals surface area contributed by atoms with E-state index in [4.69, 9.17) is 28.7 Å². The highest BCUT2D eigenvalue weighted by atomic mass is 16.2. The maximum absolute atomic E-state index is 15.3. The zero-order chi connectivity index (χ0) is 63.8. The Kier molecular flexibility index (Phi) is 25.6. The van der Waals surface area contributed by atoms with Gasteiger partial charge in [-0.1, -0.05) is 137 Å². The van der Waals surface area contributed by atoms with Crippen molar-refractivity contribution < 1.29 is 38.4 Å². The van der Waals surface area contributed by atoms with E-state index in [2.05, 4.69) is 57.2 Å². The lowest BCUT2D eigenvalue weighted by atomic mass is 9.84. The number of H-pyrrole nitrogens is 2. The van der Waals surface area contributed by atoms with Crippen LogP contribution >= 0.6 is 0 Å². The van der Waals surface area contributed by atoms with E-state index in [1.807, 2.05) is 72.8 Å². The molecule has 7 rings (SSSR count). The minimum atomic E-state index is -1.37. The van der Waals surface area contributed by atoms with E-state index in [-0.39, 0.29) is 75.7 Å². The van der Waals surface area contributed by atoms with Gasteiger partial charge < -0.3 is 75.9 Å². The maximum atomic E-state index is 15.3. The van der Waals surface area contributed by atoms with Crippen molar-refractivity contribution in [3.63, 3.8) is 0 Å². The lowest BCUT2D eigenvalue weighted by Gasteiger charge is -2.30. The van der Waals surface area contributed by atoms with Gasteiger partial charge in [-0.05, 0) is 90.4 Å². The molecule has 1 saturated carbocycles. The Bertz CT molecular complexity index is 3340. The number of fused-ring (bicyclic) bond motifs is 2. The van der Waals surface area contributed by atoms with Crippen LogP contribution in [-0.2, 0) is 64.0 Å². The van der Waals surface area contributed by atoms with Gasteiger partial charge in [-0.25, -0.2) is 4.98 Å². The number of aliphatic imine (C=N–C) groups is 1. The summed E-state index contributed by atoms with van der Waals surface area (Å²) < 4.78 is 0. The molecule has 476 valence electrons. The van der Waals surface area contributed by atoms with Crippen molar-refractivity contribution in [1.29, 1.82) is 0 Å². The number of carbonyl (C=O) groups excluding carboxylic acids is 8. The number of rotatable bonds is 34. The Labute approximate surface area is 518 Å². The van der Waals surface area contributed by atoms with Crippen LogP contribution in [-0.4, -0.2) is 130 Å².